The molecule has 0 spiro atoms. The van der Waals surface area contributed by atoms with Crippen molar-refractivity contribution in [1.29, 1.82) is 0 Å². The third-order valence-electron chi connectivity index (χ3n) is 4.87. The molecule has 1 aliphatic heterocycles. The van der Waals surface area contributed by atoms with Crippen molar-refractivity contribution in [3.05, 3.63) is 47.2 Å². The van der Waals surface area contributed by atoms with E-state index in [2.05, 4.69) is 10.4 Å². The normalized spacial score (nSPS) is 16.8. The van der Waals surface area contributed by atoms with Gasteiger partial charge in [0.1, 0.15) is 0 Å². The van der Waals surface area contributed by atoms with Gasteiger partial charge in [0.25, 0.3) is 5.91 Å². The van der Waals surface area contributed by atoms with E-state index >= 15 is 0 Å². The van der Waals surface area contributed by atoms with Gasteiger partial charge >= 0.3 is 11.8 Å². The molecule has 1 N–H and O–H groups in total. The molecule has 2 fully saturated rings. The van der Waals surface area contributed by atoms with Gasteiger partial charge in [-0.05, 0) is 31.0 Å². The molecule has 0 atom stereocenters. The summed E-state index contributed by atoms with van der Waals surface area (Å²) in [5.74, 6) is -1.29. The molecule has 1 aromatic heterocycles. The highest BCUT2D eigenvalue weighted by molar-refractivity contribution is 6.35. The maximum Gasteiger partial charge on any atom is 0.312 e. The molecule has 2 aromatic rings. The van der Waals surface area contributed by atoms with Gasteiger partial charge in [0, 0.05) is 38.4 Å². The van der Waals surface area contributed by atoms with Crippen LogP contribution in [0.4, 0.5) is 0 Å². The maximum atomic E-state index is 12.7. The van der Waals surface area contributed by atoms with E-state index in [1.165, 1.54) is 4.90 Å². The average molecular weight is 402 g/mol. The number of carbonyl (C=O) groups is 3. The number of piperazine rings is 1. The number of hydrogen-bond acceptors (Lipinski definition) is 4. The SMILES string of the molecule is O=C(NC1CC1)C(=O)N1CCN(C(=O)c2ccn(-c3ccccc3Cl)n2)CC1. The van der Waals surface area contributed by atoms with Crippen LogP contribution >= 0.6 is 11.6 Å². The summed E-state index contributed by atoms with van der Waals surface area (Å²) in [5.41, 5.74) is 1.01. The predicted molar refractivity (Wildman–Crippen MR) is 102 cm³/mol. The van der Waals surface area contributed by atoms with E-state index in [1.807, 2.05) is 18.2 Å². The van der Waals surface area contributed by atoms with Crippen LogP contribution in [0.15, 0.2) is 36.5 Å². The van der Waals surface area contributed by atoms with Crippen LogP contribution in [0, 0.1) is 0 Å². The van der Waals surface area contributed by atoms with Crippen molar-refractivity contribution >= 4 is 29.3 Å². The monoisotopic (exact) mass is 401 g/mol. The van der Waals surface area contributed by atoms with Crippen molar-refractivity contribution in [2.75, 3.05) is 26.2 Å². The molecule has 146 valence electrons. The van der Waals surface area contributed by atoms with Crippen LogP contribution in [0.5, 0.6) is 0 Å². The Kier molecular flexibility index (Phi) is 5.04. The second kappa shape index (κ2) is 7.63. The molecule has 1 saturated heterocycles. The number of nitrogens with one attached hydrogen (secondary N) is 1. The standard InChI is InChI=1S/C19H20ClN5O3/c20-14-3-1-2-4-16(14)25-8-7-15(22-25)18(27)23-9-11-24(12-10-23)19(28)17(26)21-13-5-6-13/h1-4,7-8,13H,5-6,9-12H2,(H,21,26). The predicted octanol–water partition coefficient (Wildman–Crippen LogP) is 1.09. The lowest BCUT2D eigenvalue weighted by atomic mass is 10.2. The summed E-state index contributed by atoms with van der Waals surface area (Å²) in [6.45, 7) is 1.38. The minimum atomic E-state index is -0.555. The van der Waals surface area contributed by atoms with E-state index in [9.17, 15) is 14.4 Å². The van der Waals surface area contributed by atoms with Gasteiger partial charge in [-0.2, -0.15) is 5.10 Å². The maximum absolute atomic E-state index is 12.7. The molecule has 1 aliphatic carbocycles. The van der Waals surface area contributed by atoms with E-state index in [0.29, 0.717) is 42.6 Å². The number of aromatic nitrogens is 2. The highest BCUT2D eigenvalue weighted by atomic mass is 35.5. The molecule has 2 aliphatic rings. The summed E-state index contributed by atoms with van der Waals surface area (Å²) < 4.78 is 1.57. The van der Waals surface area contributed by atoms with E-state index < -0.39 is 11.8 Å². The van der Waals surface area contributed by atoms with Gasteiger partial charge < -0.3 is 15.1 Å². The molecule has 0 unspecified atom stereocenters. The fraction of sp³-hybridized carbons (Fsp3) is 0.368. The molecule has 28 heavy (non-hydrogen) atoms. The minimum Gasteiger partial charge on any atom is -0.345 e. The van der Waals surface area contributed by atoms with E-state index in [1.54, 1.807) is 27.9 Å². The highest BCUT2D eigenvalue weighted by Gasteiger charge is 2.32. The molecule has 8 nitrogen and oxygen atoms in total. The van der Waals surface area contributed by atoms with Gasteiger partial charge in [-0.3, -0.25) is 14.4 Å². The van der Waals surface area contributed by atoms with Crippen LogP contribution in [-0.2, 0) is 9.59 Å². The van der Waals surface area contributed by atoms with Crippen molar-refractivity contribution in [2.45, 2.75) is 18.9 Å². The van der Waals surface area contributed by atoms with E-state index in [-0.39, 0.29) is 11.9 Å². The lowest BCUT2D eigenvalue weighted by molar-refractivity contribution is -0.146. The number of benzene rings is 1. The zero-order valence-corrected chi connectivity index (χ0v) is 15.9. The second-order valence-corrected chi connectivity index (χ2v) is 7.34. The molecule has 0 bridgehead atoms. The van der Waals surface area contributed by atoms with Gasteiger partial charge in [0.05, 0.1) is 10.7 Å². The van der Waals surface area contributed by atoms with Crippen LogP contribution in [0.25, 0.3) is 5.69 Å². The van der Waals surface area contributed by atoms with Crippen molar-refractivity contribution in [3.8, 4) is 5.69 Å². The Bertz CT molecular complexity index is 916. The minimum absolute atomic E-state index is 0.146. The number of rotatable bonds is 3. The van der Waals surface area contributed by atoms with Gasteiger partial charge in [0.15, 0.2) is 5.69 Å². The summed E-state index contributed by atoms with van der Waals surface area (Å²) in [4.78, 5) is 39.9. The summed E-state index contributed by atoms with van der Waals surface area (Å²) in [5, 5.41) is 7.58. The van der Waals surface area contributed by atoms with Crippen molar-refractivity contribution in [3.63, 3.8) is 0 Å². The third kappa shape index (κ3) is 3.87. The fourth-order valence-corrected chi connectivity index (χ4v) is 3.33. The van der Waals surface area contributed by atoms with Crippen LogP contribution in [0.3, 0.4) is 0 Å². The number of carbonyl (C=O) groups excluding carboxylic acids is 3. The first-order valence-corrected chi connectivity index (χ1v) is 9.60. The van der Waals surface area contributed by atoms with Crippen molar-refractivity contribution in [1.82, 2.24) is 24.9 Å². The molecule has 4 rings (SSSR count). The van der Waals surface area contributed by atoms with Crippen LogP contribution < -0.4 is 5.32 Å². The zero-order chi connectivity index (χ0) is 19.7. The largest absolute Gasteiger partial charge is 0.345 e. The van der Waals surface area contributed by atoms with Crippen LogP contribution in [-0.4, -0.2) is 69.5 Å². The van der Waals surface area contributed by atoms with Gasteiger partial charge in [-0.15, -0.1) is 0 Å². The molecule has 2 heterocycles. The fourth-order valence-electron chi connectivity index (χ4n) is 3.10. The smallest absolute Gasteiger partial charge is 0.312 e. The number of para-hydroxylation sites is 1. The highest BCUT2D eigenvalue weighted by Crippen LogP contribution is 2.20. The molecule has 3 amide bonds. The Morgan fingerprint density at radius 2 is 1.68 bits per heavy atom. The number of hydrogen-bond donors (Lipinski definition) is 1. The molecule has 0 radical (unpaired) electrons. The van der Waals surface area contributed by atoms with Gasteiger partial charge in [-0.1, -0.05) is 23.7 Å². The summed E-state index contributed by atoms with van der Waals surface area (Å²) in [6.07, 6.45) is 3.56. The number of halogens is 1. The Morgan fingerprint density at radius 3 is 2.36 bits per heavy atom. The molecule has 9 heteroatoms. The van der Waals surface area contributed by atoms with E-state index in [4.69, 9.17) is 11.6 Å². The Balaban J connectivity index is 1.36. The number of nitrogens with zero attached hydrogens (tertiary/aromatic N) is 4. The molecular weight excluding hydrogens is 382 g/mol. The molecule has 1 aromatic carbocycles. The summed E-state index contributed by atoms with van der Waals surface area (Å²) in [6, 6.07) is 9.04. The van der Waals surface area contributed by atoms with Crippen LogP contribution in [0.2, 0.25) is 5.02 Å². The first-order valence-electron chi connectivity index (χ1n) is 9.22. The second-order valence-electron chi connectivity index (χ2n) is 6.93. The quantitative estimate of drug-likeness (QED) is 0.780. The van der Waals surface area contributed by atoms with Gasteiger partial charge in [-0.25, -0.2) is 4.68 Å². The van der Waals surface area contributed by atoms with Crippen molar-refractivity contribution < 1.29 is 14.4 Å². The van der Waals surface area contributed by atoms with Crippen LogP contribution in [0.1, 0.15) is 23.3 Å². The topological polar surface area (TPSA) is 87.5 Å². The third-order valence-corrected chi connectivity index (χ3v) is 5.19. The lowest BCUT2D eigenvalue weighted by Gasteiger charge is -2.34. The first-order chi connectivity index (χ1) is 13.5. The zero-order valence-electron chi connectivity index (χ0n) is 15.2. The summed E-state index contributed by atoms with van der Waals surface area (Å²) >= 11 is 6.18. The molecular formula is C19H20ClN5O3. The lowest BCUT2D eigenvalue weighted by Crippen LogP contribution is -2.54. The first kappa shape index (κ1) is 18.5. The average Bonchev–Trinajstić information content (AvgIpc) is 3.39. The summed E-state index contributed by atoms with van der Waals surface area (Å²) in [7, 11) is 0. The van der Waals surface area contributed by atoms with Gasteiger partial charge in [0.2, 0.25) is 0 Å². The van der Waals surface area contributed by atoms with Crippen molar-refractivity contribution in [2.24, 2.45) is 0 Å². The van der Waals surface area contributed by atoms with E-state index in [0.717, 1.165) is 12.8 Å². The Morgan fingerprint density at radius 1 is 1.00 bits per heavy atom. The Labute approximate surface area is 167 Å². The molecule has 1 saturated carbocycles. The Hall–Kier alpha value is -2.87. The number of amides is 3.